The highest BCUT2D eigenvalue weighted by Gasteiger charge is 2.32. The summed E-state index contributed by atoms with van der Waals surface area (Å²) in [6.07, 6.45) is 2.08. The van der Waals surface area contributed by atoms with Crippen molar-refractivity contribution in [2.45, 2.75) is 26.5 Å². The summed E-state index contributed by atoms with van der Waals surface area (Å²) in [5.74, 6) is -0.0340. The lowest BCUT2D eigenvalue weighted by Gasteiger charge is -2.36. The number of carboxylic acids is 1. The molecular formula is C23H24N2O3S. The average molecular weight is 409 g/mol. The Morgan fingerprint density at radius 2 is 1.79 bits per heavy atom. The number of hydrogen-bond donors (Lipinski definition) is 1. The molecule has 29 heavy (non-hydrogen) atoms. The number of aliphatic carboxylic acids is 1. The molecule has 1 aromatic heterocycles. The standard InChI is InChI=1S/C23H24N2O3S/c1-15(2)28-20-9-7-17(8-10-20)21-11-24-22(29-21)18-5-3-16(4-6-18)12-25-13-19(14-25)23(26)27/h3-11,15,19H,12-14H2,1-2H3,(H,26,27). The van der Waals surface area contributed by atoms with E-state index in [0.29, 0.717) is 13.1 Å². The van der Waals surface area contributed by atoms with Crippen LogP contribution >= 0.6 is 11.3 Å². The molecule has 150 valence electrons. The van der Waals surface area contributed by atoms with Crippen LogP contribution in [0.3, 0.4) is 0 Å². The van der Waals surface area contributed by atoms with Gasteiger partial charge in [0.25, 0.3) is 0 Å². The van der Waals surface area contributed by atoms with E-state index >= 15 is 0 Å². The van der Waals surface area contributed by atoms with Gasteiger partial charge in [-0.1, -0.05) is 24.3 Å². The fourth-order valence-corrected chi connectivity index (χ4v) is 4.30. The van der Waals surface area contributed by atoms with Crippen molar-refractivity contribution in [1.82, 2.24) is 9.88 Å². The summed E-state index contributed by atoms with van der Waals surface area (Å²) in [5.41, 5.74) is 3.42. The second-order valence-corrected chi connectivity index (χ2v) is 8.68. The van der Waals surface area contributed by atoms with Gasteiger partial charge in [0.1, 0.15) is 10.8 Å². The second-order valence-electron chi connectivity index (χ2n) is 7.65. The molecule has 0 amide bonds. The maximum atomic E-state index is 10.9. The fraction of sp³-hybridized carbons (Fsp3) is 0.304. The second kappa shape index (κ2) is 8.35. The van der Waals surface area contributed by atoms with Gasteiger partial charge >= 0.3 is 5.97 Å². The molecule has 4 rings (SSSR count). The molecule has 0 unspecified atom stereocenters. The zero-order chi connectivity index (χ0) is 20.4. The van der Waals surface area contributed by atoms with E-state index in [4.69, 9.17) is 9.84 Å². The van der Waals surface area contributed by atoms with Gasteiger partial charge in [-0.05, 0) is 49.2 Å². The molecule has 0 bridgehead atoms. The van der Waals surface area contributed by atoms with Crippen LogP contribution in [0, 0.1) is 5.92 Å². The van der Waals surface area contributed by atoms with E-state index in [0.717, 1.165) is 33.3 Å². The molecule has 1 fully saturated rings. The number of likely N-dealkylation sites (tertiary alicyclic amines) is 1. The van der Waals surface area contributed by atoms with Crippen LogP contribution in [0.2, 0.25) is 0 Å². The number of rotatable bonds is 7. The van der Waals surface area contributed by atoms with Gasteiger partial charge in [0.2, 0.25) is 0 Å². The lowest BCUT2D eigenvalue weighted by molar-refractivity contribution is -0.147. The number of hydrogen-bond acceptors (Lipinski definition) is 5. The molecule has 0 aliphatic carbocycles. The summed E-state index contributed by atoms with van der Waals surface area (Å²) < 4.78 is 5.70. The van der Waals surface area contributed by atoms with E-state index in [-0.39, 0.29) is 12.0 Å². The Kier molecular flexibility index (Phi) is 5.65. The van der Waals surface area contributed by atoms with Gasteiger partial charge in [0, 0.05) is 31.4 Å². The van der Waals surface area contributed by atoms with Crippen LogP contribution in [0.1, 0.15) is 19.4 Å². The maximum absolute atomic E-state index is 10.9. The van der Waals surface area contributed by atoms with Gasteiger partial charge in [-0.25, -0.2) is 4.98 Å². The molecular weight excluding hydrogens is 384 g/mol. The minimum Gasteiger partial charge on any atom is -0.491 e. The Morgan fingerprint density at radius 3 is 2.41 bits per heavy atom. The van der Waals surface area contributed by atoms with E-state index in [1.165, 1.54) is 5.56 Å². The largest absolute Gasteiger partial charge is 0.491 e. The molecule has 5 nitrogen and oxygen atoms in total. The molecule has 1 N–H and O–H groups in total. The highest BCUT2D eigenvalue weighted by atomic mass is 32.1. The first-order valence-corrected chi connectivity index (χ1v) is 10.6. The molecule has 0 saturated carbocycles. The summed E-state index contributed by atoms with van der Waals surface area (Å²) in [5, 5.41) is 9.96. The molecule has 1 aliphatic heterocycles. The average Bonchev–Trinajstić information content (AvgIpc) is 3.15. The molecule has 2 heterocycles. The third kappa shape index (κ3) is 4.66. The number of thiazole rings is 1. The van der Waals surface area contributed by atoms with Gasteiger partial charge in [-0.2, -0.15) is 0 Å². The van der Waals surface area contributed by atoms with E-state index in [2.05, 4.69) is 46.3 Å². The van der Waals surface area contributed by atoms with Crippen LogP contribution in [-0.2, 0) is 11.3 Å². The maximum Gasteiger partial charge on any atom is 0.309 e. The van der Waals surface area contributed by atoms with Gasteiger partial charge in [-0.3, -0.25) is 9.69 Å². The first-order valence-electron chi connectivity index (χ1n) is 9.75. The molecule has 3 aromatic rings. The van der Waals surface area contributed by atoms with E-state index in [1.807, 2.05) is 32.2 Å². The highest BCUT2D eigenvalue weighted by Crippen LogP contribution is 2.33. The zero-order valence-electron chi connectivity index (χ0n) is 16.5. The highest BCUT2D eigenvalue weighted by molar-refractivity contribution is 7.18. The van der Waals surface area contributed by atoms with Crippen molar-refractivity contribution in [2.75, 3.05) is 13.1 Å². The Bertz CT molecular complexity index is 974. The zero-order valence-corrected chi connectivity index (χ0v) is 17.4. The predicted molar refractivity (Wildman–Crippen MR) is 115 cm³/mol. The topological polar surface area (TPSA) is 62.7 Å². The van der Waals surface area contributed by atoms with Crippen LogP contribution in [0.25, 0.3) is 21.0 Å². The molecule has 1 aliphatic rings. The molecule has 6 heteroatoms. The third-order valence-corrected chi connectivity index (χ3v) is 6.03. The summed E-state index contributed by atoms with van der Waals surface area (Å²) in [6.45, 7) is 6.09. The normalized spacial score (nSPS) is 14.7. The van der Waals surface area contributed by atoms with Crippen molar-refractivity contribution in [2.24, 2.45) is 5.92 Å². The molecule has 0 spiro atoms. The van der Waals surface area contributed by atoms with E-state index in [9.17, 15) is 4.79 Å². The van der Waals surface area contributed by atoms with Crippen LogP contribution in [-0.4, -0.2) is 40.2 Å². The number of aromatic nitrogens is 1. The number of ether oxygens (including phenoxy) is 1. The molecule has 2 aromatic carbocycles. The van der Waals surface area contributed by atoms with Gasteiger partial charge in [0.05, 0.1) is 16.9 Å². The third-order valence-electron chi connectivity index (χ3n) is 4.93. The van der Waals surface area contributed by atoms with Gasteiger partial charge in [0.15, 0.2) is 0 Å². The van der Waals surface area contributed by atoms with E-state index < -0.39 is 5.97 Å². The lowest BCUT2D eigenvalue weighted by atomic mass is 9.99. The summed E-state index contributed by atoms with van der Waals surface area (Å²) >= 11 is 1.67. The summed E-state index contributed by atoms with van der Waals surface area (Å²) in [7, 11) is 0. The van der Waals surface area contributed by atoms with Crippen molar-refractivity contribution >= 4 is 17.3 Å². The minimum atomic E-state index is -0.696. The number of carbonyl (C=O) groups is 1. The lowest BCUT2D eigenvalue weighted by Crippen LogP contribution is -2.49. The van der Waals surface area contributed by atoms with Crippen molar-refractivity contribution < 1.29 is 14.6 Å². The molecule has 1 saturated heterocycles. The van der Waals surface area contributed by atoms with Gasteiger partial charge in [-0.15, -0.1) is 11.3 Å². The van der Waals surface area contributed by atoms with Crippen LogP contribution in [0.5, 0.6) is 5.75 Å². The predicted octanol–water partition coefficient (Wildman–Crippen LogP) is 4.78. The Morgan fingerprint density at radius 1 is 1.14 bits per heavy atom. The summed E-state index contributed by atoms with van der Waals surface area (Å²) in [6, 6.07) is 16.5. The number of carboxylic acid groups (broad SMARTS) is 1. The smallest absolute Gasteiger partial charge is 0.309 e. The number of benzene rings is 2. The first kappa shape index (κ1) is 19.6. The molecule has 0 atom stereocenters. The van der Waals surface area contributed by atoms with E-state index in [1.54, 1.807) is 11.3 Å². The monoisotopic (exact) mass is 408 g/mol. The quantitative estimate of drug-likeness (QED) is 0.609. The SMILES string of the molecule is CC(C)Oc1ccc(-c2cnc(-c3ccc(CN4CC(C(=O)O)C4)cc3)s2)cc1. The Labute approximate surface area is 174 Å². The fourth-order valence-electron chi connectivity index (χ4n) is 3.38. The van der Waals surface area contributed by atoms with Crippen LogP contribution in [0.4, 0.5) is 0 Å². The first-order chi connectivity index (χ1) is 14.0. The van der Waals surface area contributed by atoms with Crippen molar-refractivity contribution in [1.29, 1.82) is 0 Å². The van der Waals surface area contributed by atoms with Crippen molar-refractivity contribution in [3.05, 3.63) is 60.3 Å². The Hall–Kier alpha value is -2.70. The molecule has 0 radical (unpaired) electrons. The van der Waals surface area contributed by atoms with Crippen molar-refractivity contribution in [3.63, 3.8) is 0 Å². The van der Waals surface area contributed by atoms with Gasteiger partial charge < -0.3 is 9.84 Å². The summed E-state index contributed by atoms with van der Waals surface area (Å²) in [4.78, 5) is 18.8. The Balaban J connectivity index is 1.39. The minimum absolute atomic E-state index is 0.165. The van der Waals surface area contributed by atoms with Crippen molar-refractivity contribution in [3.8, 4) is 26.8 Å². The van der Waals surface area contributed by atoms with Crippen LogP contribution < -0.4 is 4.74 Å². The van der Waals surface area contributed by atoms with Crippen LogP contribution in [0.15, 0.2) is 54.7 Å². The number of nitrogens with zero attached hydrogens (tertiary/aromatic N) is 2.